The Bertz CT molecular complexity index is 911. The van der Waals surface area contributed by atoms with Gasteiger partial charge in [0.15, 0.2) is 11.6 Å². The summed E-state index contributed by atoms with van der Waals surface area (Å²) in [6.07, 6.45) is 0.276. The van der Waals surface area contributed by atoms with Crippen LogP contribution >= 0.6 is 15.9 Å². The number of benzene rings is 2. The molecule has 1 heterocycles. The Kier molecular flexibility index (Phi) is 5.85. The molecular weight excluding hydrogens is 398 g/mol. The molecule has 26 heavy (non-hydrogen) atoms. The topological polar surface area (TPSA) is 89.8 Å². The third-order valence-corrected chi connectivity index (χ3v) is 4.20. The van der Waals surface area contributed by atoms with Gasteiger partial charge in [-0.05, 0) is 28.6 Å². The number of amides is 1. The molecule has 0 unspecified atom stereocenters. The summed E-state index contributed by atoms with van der Waals surface area (Å²) in [4.78, 5) is 24.1. The lowest BCUT2D eigenvalue weighted by Crippen LogP contribution is -2.25. The number of hydrogen-bond acceptors (Lipinski definition) is 5. The molecule has 1 aromatic heterocycles. The Morgan fingerprint density at radius 1 is 1.04 bits per heavy atom. The quantitative estimate of drug-likeness (QED) is 0.601. The molecule has 0 saturated heterocycles. The predicted molar refractivity (Wildman–Crippen MR) is 98.7 cm³/mol. The molecular formula is C18H16BrN5O2. The molecule has 0 saturated carbocycles. The van der Waals surface area contributed by atoms with Crippen molar-refractivity contribution in [3.05, 3.63) is 70.5 Å². The highest BCUT2D eigenvalue weighted by molar-refractivity contribution is 9.10. The zero-order chi connectivity index (χ0) is 18.4. The van der Waals surface area contributed by atoms with Gasteiger partial charge in [0.05, 0.1) is 12.2 Å². The highest BCUT2D eigenvalue weighted by Crippen LogP contribution is 2.15. The van der Waals surface area contributed by atoms with Crippen molar-refractivity contribution in [3.8, 4) is 5.69 Å². The maximum Gasteiger partial charge on any atom is 0.220 e. The first-order valence-corrected chi connectivity index (χ1v) is 8.81. The molecule has 0 fully saturated rings. The van der Waals surface area contributed by atoms with E-state index in [0.29, 0.717) is 11.4 Å². The van der Waals surface area contributed by atoms with Gasteiger partial charge in [0.2, 0.25) is 5.91 Å². The van der Waals surface area contributed by atoms with E-state index >= 15 is 0 Å². The highest BCUT2D eigenvalue weighted by atomic mass is 79.9. The summed E-state index contributed by atoms with van der Waals surface area (Å²) in [6, 6.07) is 16.4. The van der Waals surface area contributed by atoms with Crippen molar-refractivity contribution in [2.75, 3.05) is 0 Å². The molecule has 0 spiro atoms. The SMILES string of the molecule is O=C(CCC(=O)c1ccccc1)NCc1nnnn1-c1cccc(Br)c1. The van der Waals surface area contributed by atoms with Gasteiger partial charge in [0, 0.05) is 22.9 Å². The first kappa shape index (κ1) is 17.9. The summed E-state index contributed by atoms with van der Waals surface area (Å²) in [5, 5.41) is 14.3. The number of Topliss-reactive ketones (excluding diaryl/α,β-unsaturated/α-hetero) is 1. The average molecular weight is 414 g/mol. The fourth-order valence-corrected chi connectivity index (χ4v) is 2.77. The molecule has 3 aromatic rings. The van der Waals surface area contributed by atoms with E-state index in [1.165, 1.54) is 0 Å². The average Bonchev–Trinajstić information content (AvgIpc) is 3.14. The van der Waals surface area contributed by atoms with E-state index in [4.69, 9.17) is 0 Å². The number of rotatable bonds is 7. The van der Waals surface area contributed by atoms with Crippen molar-refractivity contribution in [1.29, 1.82) is 0 Å². The molecule has 0 radical (unpaired) electrons. The lowest BCUT2D eigenvalue weighted by atomic mass is 10.1. The smallest absolute Gasteiger partial charge is 0.220 e. The molecule has 3 rings (SSSR count). The van der Waals surface area contributed by atoms with Crippen LogP contribution < -0.4 is 5.32 Å². The molecule has 0 bridgehead atoms. The summed E-state index contributed by atoms with van der Waals surface area (Å²) in [5.41, 5.74) is 1.40. The normalized spacial score (nSPS) is 10.5. The monoisotopic (exact) mass is 413 g/mol. The standard InChI is InChI=1S/C18H16BrN5O2/c19-14-7-4-8-15(11-14)24-17(21-22-23-24)12-20-18(26)10-9-16(25)13-5-2-1-3-6-13/h1-8,11H,9-10,12H2,(H,20,26). The minimum Gasteiger partial charge on any atom is -0.349 e. The van der Waals surface area contributed by atoms with E-state index < -0.39 is 0 Å². The van der Waals surface area contributed by atoms with E-state index in [9.17, 15) is 9.59 Å². The Morgan fingerprint density at radius 2 is 1.85 bits per heavy atom. The van der Waals surface area contributed by atoms with E-state index in [1.807, 2.05) is 30.3 Å². The van der Waals surface area contributed by atoms with Gasteiger partial charge < -0.3 is 5.32 Å². The molecule has 8 heteroatoms. The van der Waals surface area contributed by atoms with Crippen LogP contribution in [0.25, 0.3) is 5.69 Å². The van der Waals surface area contributed by atoms with Crippen LogP contribution in [-0.2, 0) is 11.3 Å². The number of halogens is 1. The molecule has 1 amide bonds. The van der Waals surface area contributed by atoms with Crippen molar-refractivity contribution in [1.82, 2.24) is 25.5 Å². The Balaban J connectivity index is 1.54. The summed E-state index contributed by atoms with van der Waals surface area (Å²) in [6.45, 7) is 0.178. The highest BCUT2D eigenvalue weighted by Gasteiger charge is 2.12. The van der Waals surface area contributed by atoms with Crippen molar-refractivity contribution in [3.63, 3.8) is 0 Å². The van der Waals surface area contributed by atoms with Crippen LogP contribution in [0.3, 0.4) is 0 Å². The van der Waals surface area contributed by atoms with Crippen LogP contribution in [0, 0.1) is 0 Å². The molecule has 0 aliphatic rings. The first-order valence-electron chi connectivity index (χ1n) is 8.01. The Labute approximate surface area is 158 Å². The van der Waals surface area contributed by atoms with Gasteiger partial charge in [-0.3, -0.25) is 9.59 Å². The van der Waals surface area contributed by atoms with Crippen LogP contribution in [0.2, 0.25) is 0 Å². The largest absolute Gasteiger partial charge is 0.349 e. The Morgan fingerprint density at radius 3 is 2.62 bits per heavy atom. The van der Waals surface area contributed by atoms with Crippen LogP contribution in [0.15, 0.2) is 59.1 Å². The second-order valence-corrected chi connectivity index (χ2v) is 6.47. The predicted octanol–water partition coefficient (Wildman–Crippen LogP) is 2.70. The van der Waals surface area contributed by atoms with Crippen molar-refractivity contribution < 1.29 is 9.59 Å². The van der Waals surface area contributed by atoms with Crippen LogP contribution in [0.1, 0.15) is 29.0 Å². The third kappa shape index (κ3) is 4.60. The molecule has 132 valence electrons. The van der Waals surface area contributed by atoms with Gasteiger partial charge in [-0.2, -0.15) is 4.68 Å². The van der Waals surface area contributed by atoms with Crippen LogP contribution in [0.5, 0.6) is 0 Å². The van der Waals surface area contributed by atoms with Gasteiger partial charge in [-0.15, -0.1) is 5.10 Å². The second-order valence-electron chi connectivity index (χ2n) is 5.55. The number of nitrogens with zero attached hydrogens (tertiary/aromatic N) is 4. The Hall–Kier alpha value is -2.87. The number of carbonyl (C=O) groups excluding carboxylic acids is 2. The zero-order valence-electron chi connectivity index (χ0n) is 13.8. The van der Waals surface area contributed by atoms with Crippen molar-refractivity contribution >= 4 is 27.6 Å². The number of ketones is 1. The number of hydrogen-bond donors (Lipinski definition) is 1. The molecule has 0 atom stereocenters. The first-order chi connectivity index (χ1) is 12.6. The van der Waals surface area contributed by atoms with Gasteiger partial charge in [-0.25, -0.2) is 0 Å². The fourth-order valence-electron chi connectivity index (χ4n) is 2.39. The van der Waals surface area contributed by atoms with Gasteiger partial charge in [0.25, 0.3) is 0 Å². The van der Waals surface area contributed by atoms with Gasteiger partial charge >= 0.3 is 0 Å². The summed E-state index contributed by atoms with van der Waals surface area (Å²) < 4.78 is 2.46. The summed E-state index contributed by atoms with van der Waals surface area (Å²) in [5.74, 6) is 0.226. The van der Waals surface area contributed by atoms with Gasteiger partial charge in [0.1, 0.15) is 0 Å². The van der Waals surface area contributed by atoms with E-state index in [-0.39, 0.29) is 31.1 Å². The van der Waals surface area contributed by atoms with Crippen LogP contribution in [0.4, 0.5) is 0 Å². The van der Waals surface area contributed by atoms with E-state index in [1.54, 1.807) is 28.9 Å². The van der Waals surface area contributed by atoms with E-state index in [2.05, 4.69) is 36.8 Å². The number of carbonyl (C=O) groups is 2. The minimum atomic E-state index is -0.224. The maximum atomic E-state index is 12.0. The third-order valence-electron chi connectivity index (χ3n) is 3.71. The number of tetrazole rings is 1. The fraction of sp³-hybridized carbons (Fsp3) is 0.167. The summed E-state index contributed by atoms with van der Waals surface area (Å²) in [7, 11) is 0. The van der Waals surface area contributed by atoms with Crippen molar-refractivity contribution in [2.24, 2.45) is 0 Å². The number of nitrogens with one attached hydrogen (secondary N) is 1. The lowest BCUT2D eigenvalue weighted by Gasteiger charge is -2.07. The van der Waals surface area contributed by atoms with E-state index in [0.717, 1.165) is 10.2 Å². The molecule has 0 aliphatic carbocycles. The second kappa shape index (κ2) is 8.48. The molecule has 1 N–H and O–H groups in total. The molecule has 0 aliphatic heterocycles. The van der Waals surface area contributed by atoms with Crippen LogP contribution in [-0.4, -0.2) is 31.9 Å². The zero-order valence-corrected chi connectivity index (χ0v) is 15.4. The van der Waals surface area contributed by atoms with Gasteiger partial charge in [-0.1, -0.05) is 52.3 Å². The molecule has 2 aromatic carbocycles. The van der Waals surface area contributed by atoms with Crippen molar-refractivity contribution in [2.45, 2.75) is 19.4 Å². The molecule has 7 nitrogen and oxygen atoms in total. The maximum absolute atomic E-state index is 12.0. The summed E-state index contributed by atoms with van der Waals surface area (Å²) >= 11 is 3.40. The number of aromatic nitrogens is 4. The lowest BCUT2D eigenvalue weighted by molar-refractivity contribution is -0.121. The minimum absolute atomic E-state index is 0.0558.